The molecule has 1 N–H and O–H groups in total. The zero-order chi connectivity index (χ0) is 12.9. The molecule has 6 heteroatoms. The number of rotatable bonds is 6. The molecule has 3 nitrogen and oxygen atoms in total. The Kier molecular flexibility index (Phi) is 4.99. The van der Waals surface area contributed by atoms with Gasteiger partial charge in [-0.15, -0.1) is 0 Å². The van der Waals surface area contributed by atoms with E-state index in [1.807, 2.05) is 13.8 Å². The molecule has 17 heavy (non-hydrogen) atoms. The summed E-state index contributed by atoms with van der Waals surface area (Å²) in [5, 5.41) is 3.00. The van der Waals surface area contributed by atoms with Crippen molar-refractivity contribution in [3.63, 3.8) is 0 Å². The van der Waals surface area contributed by atoms with E-state index < -0.39 is 12.6 Å². The first-order valence-corrected chi connectivity index (χ1v) is 5.59. The molecule has 0 spiro atoms. The second-order valence-electron chi connectivity index (χ2n) is 4.00. The summed E-state index contributed by atoms with van der Waals surface area (Å²) < 4.78 is 40.8. The summed E-state index contributed by atoms with van der Waals surface area (Å²) in [5.74, 6) is 1.36. The van der Waals surface area contributed by atoms with Gasteiger partial charge in [0.15, 0.2) is 0 Å². The molecule has 0 radical (unpaired) electrons. The van der Waals surface area contributed by atoms with Gasteiger partial charge in [-0.2, -0.15) is 13.2 Å². The Labute approximate surface area is 98.4 Å². The maximum absolute atomic E-state index is 11.8. The van der Waals surface area contributed by atoms with Crippen molar-refractivity contribution in [3.8, 4) is 0 Å². The van der Waals surface area contributed by atoms with E-state index in [1.54, 1.807) is 0 Å². The predicted molar refractivity (Wildman–Crippen MR) is 57.6 cm³/mol. The largest absolute Gasteiger partial charge is 0.444 e. The Balaban J connectivity index is 2.09. The Bertz CT molecular complexity index is 327. The van der Waals surface area contributed by atoms with Gasteiger partial charge in [0.2, 0.25) is 5.89 Å². The van der Waals surface area contributed by atoms with Gasteiger partial charge in [-0.25, -0.2) is 4.98 Å². The van der Waals surface area contributed by atoms with Gasteiger partial charge < -0.3 is 9.73 Å². The van der Waals surface area contributed by atoms with Crippen LogP contribution in [0.4, 0.5) is 13.2 Å². The number of oxazole rings is 1. The van der Waals surface area contributed by atoms with Gasteiger partial charge in [-0.1, -0.05) is 0 Å². The van der Waals surface area contributed by atoms with Gasteiger partial charge in [0.1, 0.15) is 5.76 Å². The van der Waals surface area contributed by atoms with Crippen molar-refractivity contribution in [2.75, 3.05) is 6.54 Å². The summed E-state index contributed by atoms with van der Waals surface area (Å²) in [6.45, 7) is 4.68. The molecule has 0 aliphatic carbocycles. The molecule has 0 amide bonds. The lowest BCUT2D eigenvalue weighted by Crippen LogP contribution is -2.16. The van der Waals surface area contributed by atoms with Gasteiger partial charge in [-0.3, -0.25) is 0 Å². The van der Waals surface area contributed by atoms with Crippen molar-refractivity contribution in [2.45, 2.75) is 45.8 Å². The van der Waals surface area contributed by atoms with Crippen molar-refractivity contribution < 1.29 is 17.6 Å². The molecule has 1 aromatic heterocycles. The van der Waals surface area contributed by atoms with E-state index in [0.29, 0.717) is 25.4 Å². The van der Waals surface area contributed by atoms with Crippen LogP contribution in [-0.4, -0.2) is 17.7 Å². The van der Waals surface area contributed by atoms with Crippen LogP contribution in [0.15, 0.2) is 4.42 Å². The summed E-state index contributed by atoms with van der Waals surface area (Å²) in [5.41, 5.74) is 0.846. The van der Waals surface area contributed by atoms with Crippen LogP contribution in [0.1, 0.15) is 36.6 Å². The lowest BCUT2D eigenvalue weighted by atomic mass is 10.2. The second-order valence-corrected chi connectivity index (χ2v) is 4.00. The van der Waals surface area contributed by atoms with Crippen LogP contribution in [-0.2, 0) is 6.54 Å². The molecule has 0 fully saturated rings. The molecule has 98 valence electrons. The lowest BCUT2D eigenvalue weighted by Gasteiger charge is -2.05. The fourth-order valence-corrected chi connectivity index (χ4v) is 1.39. The van der Waals surface area contributed by atoms with Gasteiger partial charge in [0.25, 0.3) is 0 Å². The summed E-state index contributed by atoms with van der Waals surface area (Å²) in [4.78, 5) is 4.16. The summed E-state index contributed by atoms with van der Waals surface area (Å²) in [6.07, 6.45) is -4.11. The number of hydrogen-bond acceptors (Lipinski definition) is 3. The Morgan fingerprint density at radius 3 is 2.47 bits per heavy atom. The number of unbranched alkanes of at least 4 members (excludes halogenated alkanes) is 1. The standard InChI is InChI=1S/C11H17F3N2O/c1-8-9(2)17-10(16-8)7-15-6-4-3-5-11(12,13)14/h15H,3-7H2,1-2H3. The fraction of sp³-hybridized carbons (Fsp3) is 0.727. The maximum Gasteiger partial charge on any atom is 0.389 e. The van der Waals surface area contributed by atoms with E-state index >= 15 is 0 Å². The van der Waals surface area contributed by atoms with E-state index in [4.69, 9.17) is 4.42 Å². The molecule has 0 aromatic carbocycles. The predicted octanol–water partition coefficient (Wildman–Crippen LogP) is 3.11. The van der Waals surface area contributed by atoms with Gasteiger partial charge >= 0.3 is 6.18 Å². The van der Waals surface area contributed by atoms with Crippen LogP contribution in [0.5, 0.6) is 0 Å². The van der Waals surface area contributed by atoms with Gasteiger partial charge in [-0.05, 0) is 33.2 Å². The summed E-state index contributed by atoms with van der Waals surface area (Å²) in [7, 11) is 0. The number of aryl methyl sites for hydroxylation is 2. The molecule has 1 rings (SSSR count). The zero-order valence-corrected chi connectivity index (χ0v) is 10.0. The number of halogens is 3. The highest BCUT2D eigenvalue weighted by Crippen LogP contribution is 2.21. The van der Waals surface area contributed by atoms with E-state index in [0.717, 1.165) is 11.5 Å². The van der Waals surface area contributed by atoms with Crippen LogP contribution >= 0.6 is 0 Å². The molecule has 0 atom stereocenters. The smallest absolute Gasteiger partial charge is 0.389 e. The molecule has 0 aliphatic rings. The molecule has 0 bridgehead atoms. The topological polar surface area (TPSA) is 38.1 Å². The first kappa shape index (κ1) is 14.0. The highest BCUT2D eigenvalue weighted by Gasteiger charge is 2.25. The molecule has 1 aromatic rings. The molecule has 0 aliphatic heterocycles. The molecule has 0 unspecified atom stereocenters. The molecule has 1 heterocycles. The first-order chi connectivity index (χ1) is 7.88. The van der Waals surface area contributed by atoms with Crippen LogP contribution in [0.2, 0.25) is 0 Å². The minimum Gasteiger partial charge on any atom is -0.444 e. The SMILES string of the molecule is Cc1nc(CNCCCCC(F)(F)F)oc1C. The Morgan fingerprint density at radius 2 is 1.94 bits per heavy atom. The molecular weight excluding hydrogens is 233 g/mol. The van der Waals surface area contributed by atoms with Crippen LogP contribution in [0.25, 0.3) is 0 Å². The van der Waals surface area contributed by atoms with E-state index in [2.05, 4.69) is 10.3 Å². The number of hydrogen-bond donors (Lipinski definition) is 1. The van der Waals surface area contributed by atoms with Crippen molar-refractivity contribution in [1.82, 2.24) is 10.3 Å². The summed E-state index contributed by atoms with van der Waals surface area (Å²) >= 11 is 0. The molecule has 0 saturated heterocycles. The maximum atomic E-state index is 11.8. The lowest BCUT2D eigenvalue weighted by molar-refractivity contribution is -0.135. The van der Waals surface area contributed by atoms with Crippen LogP contribution in [0.3, 0.4) is 0 Å². The minimum absolute atomic E-state index is 0.153. The van der Waals surface area contributed by atoms with E-state index in [-0.39, 0.29) is 6.42 Å². The van der Waals surface area contributed by atoms with E-state index in [1.165, 1.54) is 0 Å². The number of nitrogens with one attached hydrogen (secondary N) is 1. The monoisotopic (exact) mass is 250 g/mol. The number of alkyl halides is 3. The summed E-state index contributed by atoms with van der Waals surface area (Å²) in [6, 6.07) is 0. The minimum atomic E-state index is -4.04. The third-order valence-corrected chi connectivity index (χ3v) is 2.41. The normalized spacial score (nSPS) is 12.1. The van der Waals surface area contributed by atoms with Crippen molar-refractivity contribution in [1.29, 1.82) is 0 Å². The van der Waals surface area contributed by atoms with Crippen LogP contribution < -0.4 is 5.32 Å². The number of nitrogens with zero attached hydrogens (tertiary/aromatic N) is 1. The second kappa shape index (κ2) is 6.05. The Hall–Kier alpha value is -1.04. The van der Waals surface area contributed by atoms with Gasteiger partial charge in [0, 0.05) is 6.42 Å². The quantitative estimate of drug-likeness (QED) is 0.788. The van der Waals surface area contributed by atoms with Crippen LogP contribution in [0, 0.1) is 13.8 Å². The molecular formula is C11H17F3N2O. The van der Waals surface area contributed by atoms with Crippen molar-refractivity contribution >= 4 is 0 Å². The fourth-order valence-electron chi connectivity index (χ4n) is 1.39. The van der Waals surface area contributed by atoms with Gasteiger partial charge in [0.05, 0.1) is 12.2 Å². The third kappa shape index (κ3) is 5.72. The average molecular weight is 250 g/mol. The van der Waals surface area contributed by atoms with E-state index in [9.17, 15) is 13.2 Å². The highest BCUT2D eigenvalue weighted by atomic mass is 19.4. The highest BCUT2D eigenvalue weighted by molar-refractivity contribution is 5.04. The van der Waals surface area contributed by atoms with Crippen molar-refractivity contribution in [2.24, 2.45) is 0 Å². The zero-order valence-electron chi connectivity index (χ0n) is 10.0. The number of aromatic nitrogens is 1. The first-order valence-electron chi connectivity index (χ1n) is 5.59. The average Bonchev–Trinajstić information content (AvgIpc) is 2.50. The third-order valence-electron chi connectivity index (χ3n) is 2.41. The van der Waals surface area contributed by atoms with Crippen molar-refractivity contribution in [3.05, 3.63) is 17.3 Å². The Morgan fingerprint density at radius 1 is 1.24 bits per heavy atom. The molecule has 0 saturated carbocycles.